The molecule has 9 nitrogen and oxygen atoms in total. The SMILES string of the molecule is CNC(=O)c1c(-c2ccc(F)cc2)oc2cc(N(C)S(C)(=O)=O)c(-c3cc4c(cn3)ncn3c5cccc(F)c5cc43)cc12. The molecule has 0 unspecified atom stereocenters. The van der Waals surface area contributed by atoms with Gasteiger partial charge in [0.2, 0.25) is 10.0 Å². The second-order valence-electron chi connectivity index (χ2n) is 10.4. The molecular formula is C32H23F2N5O4S. The summed E-state index contributed by atoms with van der Waals surface area (Å²) in [7, 11) is -0.859. The zero-order chi connectivity index (χ0) is 30.9. The molecule has 12 heteroatoms. The van der Waals surface area contributed by atoms with Crippen molar-refractivity contribution in [1.82, 2.24) is 19.7 Å². The Balaban J connectivity index is 1.54. The molecule has 3 aromatic carbocycles. The summed E-state index contributed by atoms with van der Waals surface area (Å²) in [5, 5.41) is 4.12. The normalized spacial score (nSPS) is 12.0. The Kier molecular flexibility index (Phi) is 6.15. The number of carbonyl (C=O) groups excluding carboxylic acids is 1. The van der Waals surface area contributed by atoms with Gasteiger partial charge < -0.3 is 9.73 Å². The van der Waals surface area contributed by atoms with E-state index >= 15 is 0 Å². The van der Waals surface area contributed by atoms with Gasteiger partial charge in [0.25, 0.3) is 5.91 Å². The van der Waals surface area contributed by atoms with E-state index in [1.54, 1.807) is 47.3 Å². The Labute approximate surface area is 249 Å². The maximum atomic E-state index is 14.7. The van der Waals surface area contributed by atoms with Crippen LogP contribution in [0.4, 0.5) is 14.5 Å². The first kappa shape index (κ1) is 27.5. The van der Waals surface area contributed by atoms with E-state index in [1.807, 2.05) is 0 Å². The first-order valence-corrected chi connectivity index (χ1v) is 15.3. The minimum atomic E-state index is -3.75. The maximum Gasteiger partial charge on any atom is 0.255 e. The molecule has 1 amide bonds. The Bertz CT molecular complexity index is 2420. The van der Waals surface area contributed by atoms with E-state index in [4.69, 9.17) is 4.42 Å². The van der Waals surface area contributed by atoms with Crippen LogP contribution in [0.15, 0.2) is 83.7 Å². The Morgan fingerprint density at radius 3 is 2.45 bits per heavy atom. The first-order chi connectivity index (χ1) is 21.0. The summed E-state index contributed by atoms with van der Waals surface area (Å²) in [6.07, 6.45) is 4.24. The van der Waals surface area contributed by atoms with Crippen molar-refractivity contribution in [3.05, 3.63) is 96.5 Å². The van der Waals surface area contributed by atoms with Crippen molar-refractivity contribution in [3.63, 3.8) is 0 Å². The molecule has 0 saturated carbocycles. The molecule has 0 aliphatic rings. The second-order valence-corrected chi connectivity index (χ2v) is 12.4. The lowest BCUT2D eigenvalue weighted by Crippen LogP contribution is -2.25. The number of furan rings is 1. The number of aromatic nitrogens is 3. The van der Waals surface area contributed by atoms with Gasteiger partial charge in [0, 0.05) is 47.4 Å². The first-order valence-electron chi connectivity index (χ1n) is 13.4. The number of benzene rings is 3. The summed E-state index contributed by atoms with van der Waals surface area (Å²) in [6.45, 7) is 0. The zero-order valence-electron chi connectivity index (χ0n) is 23.6. The monoisotopic (exact) mass is 611 g/mol. The van der Waals surface area contributed by atoms with E-state index in [0.717, 1.165) is 10.6 Å². The lowest BCUT2D eigenvalue weighted by molar-refractivity contribution is 0.0964. The van der Waals surface area contributed by atoms with Crippen LogP contribution in [-0.2, 0) is 10.0 Å². The number of hydrogen-bond acceptors (Lipinski definition) is 6. The van der Waals surface area contributed by atoms with Gasteiger partial charge in [0.15, 0.2) is 0 Å². The number of halogens is 2. The minimum Gasteiger partial charge on any atom is -0.455 e. The summed E-state index contributed by atoms with van der Waals surface area (Å²) in [5.74, 6) is -1.06. The molecule has 1 N–H and O–H groups in total. The van der Waals surface area contributed by atoms with Crippen molar-refractivity contribution in [2.45, 2.75) is 0 Å². The molecule has 0 aliphatic heterocycles. The maximum absolute atomic E-state index is 14.7. The van der Waals surface area contributed by atoms with Crippen LogP contribution in [0.2, 0.25) is 0 Å². The molecule has 4 heterocycles. The lowest BCUT2D eigenvalue weighted by atomic mass is 10.00. The molecule has 0 aliphatic carbocycles. The molecule has 220 valence electrons. The molecule has 44 heavy (non-hydrogen) atoms. The fourth-order valence-electron chi connectivity index (χ4n) is 5.50. The zero-order valence-corrected chi connectivity index (χ0v) is 24.4. The van der Waals surface area contributed by atoms with Crippen LogP contribution in [0.1, 0.15) is 10.4 Å². The summed E-state index contributed by atoms with van der Waals surface area (Å²) in [4.78, 5) is 22.3. The lowest BCUT2D eigenvalue weighted by Gasteiger charge is -2.20. The van der Waals surface area contributed by atoms with Crippen LogP contribution in [0.5, 0.6) is 0 Å². The van der Waals surface area contributed by atoms with Crippen molar-refractivity contribution < 1.29 is 26.4 Å². The molecule has 0 radical (unpaired) electrons. The Morgan fingerprint density at radius 2 is 1.73 bits per heavy atom. The van der Waals surface area contributed by atoms with Crippen LogP contribution in [0, 0.1) is 11.6 Å². The molecule has 0 spiro atoms. The fourth-order valence-corrected chi connectivity index (χ4v) is 6.01. The Hall–Kier alpha value is -5.36. The highest BCUT2D eigenvalue weighted by Crippen LogP contribution is 2.41. The molecular weight excluding hydrogens is 588 g/mol. The average Bonchev–Trinajstić information content (AvgIpc) is 3.59. The topological polar surface area (TPSA) is 110 Å². The van der Waals surface area contributed by atoms with Crippen LogP contribution in [-0.4, -0.2) is 49.0 Å². The standard InChI is InChI=1S/C32H23F2N5O4S/c1-35-32(40)30-22-11-20(27(38(2)44(3,41)42)14-29(22)43-31(30)17-7-9-18(33)10-8-17)24-12-21-25(15-36-24)37-16-39-26-6-4-5-23(34)19(26)13-28(21)39/h4-16H,1-3H3,(H,35,40). The van der Waals surface area contributed by atoms with Crippen molar-refractivity contribution in [3.8, 4) is 22.6 Å². The van der Waals surface area contributed by atoms with Gasteiger partial charge in [-0.05, 0) is 54.6 Å². The summed E-state index contributed by atoms with van der Waals surface area (Å²) in [5.41, 5.74) is 3.83. The molecule has 0 atom stereocenters. The van der Waals surface area contributed by atoms with Gasteiger partial charge in [-0.1, -0.05) is 6.07 Å². The summed E-state index contributed by atoms with van der Waals surface area (Å²) >= 11 is 0. The largest absolute Gasteiger partial charge is 0.455 e. The molecule has 0 bridgehead atoms. The number of hydrogen-bond donors (Lipinski definition) is 1. The highest BCUT2D eigenvalue weighted by Gasteiger charge is 2.26. The molecule has 7 aromatic rings. The van der Waals surface area contributed by atoms with Crippen LogP contribution < -0.4 is 9.62 Å². The number of nitrogens with zero attached hydrogens (tertiary/aromatic N) is 4. The molecule has 0 fully saturated rings. The third-order valence-electron chi connectivity index (χ3n) is 7.78. The quantitative estimate of drug-likeness (QED) is 0.250. The smallest absolute Gasteiger partial charge is 0.255 e. The number of pyridine rings is 1. The minimum absolute atomic E-state index is 0.196. The van der Waals surface area contributed by atoms with Crippen molar-refractivity contribution in [1.29, 1.82) is 0 Å². The summed E-state index contributed by atoms with van der Waals surface area (Å²) < 4.78 is 63.0. The highest BCUT2D eigenvalue weighted by molar-refractivity contribution is 7.92. The van der Waals surface area contributed by atoms with Gasteiger partial charge in [0.05, 0.1) is 45.9 Å². The number of nitrogens with one attached hydrogen (secondary N) is 1. The number of carbonyl (C=O) groups is 1. The fraction of sp³-hybridized carbons (Fsp3) is 0.0938. The van der Waals surface area contributed by atoms with Gasteiger partial charge in [-0.2, -0.15) is 0 Å². The average molecular weight is 612 g/mol. The van der Waals surface area contributed by atoms with Gasteiger partial charge >= 0.3 is 0 Å². The van der Waals surface area contributed by atoms with E-state index < -0.39 is 21.7 Å². The summed E-state index contributed by atoms with van der Waals surface area (Å²) in [6, 6.07) is 17.0. The predicted octanol–water partition coefficient (Wildman–Crippen LogP) is 6.15. The molecule has 4 aromatic heterocycles. The van der Waals surface area contributed by atoms with Crippen molar-refractivity contribution >= 4 is 59.9 Å². The number of fused-ring (bicyclic) bond motifs is 6. The third-order valence-corrected chi connectivity index (χ3v) is 8.97. The van der Waals surface area contributed by atoms with Gasteiger partial charge in [-0.25, -0.2) is 22.2 Å². The van der Waals surface area contributed by atoms with Gasteiger partial charge in [-0.15, -0.1) is 0 Å². The number of amides is 1. The third kappa shape index (κ3) is 4.25. The predicted molar refractivity (Wildman–Crippen MR) is 165 cm³/mol. The van der Waals surface area contributed by atoms with Gasteiger partial charge in [0.1, 0.15) is 29.3 Å². The van der Waals surface area contributed by atoms with Crippen LogP contribution in [0.25, 0.3) is 60.9 Å². The highest BCUT2D eigenvalue weighted by atomic mass is 32.2. The van der Waals surface area contributed by atoms with Gasteiger partial charge in [-0.3, -0.25) is 18.5 Å². The Morgan fingerprint density at radius 1 is 0.955 bits per heavy atom. The van der Waals surface area contributed by atoms with Crippen molar-refractivity contribution in [2.24, 2.45) is 0 Å². The number of rotatable bonds is 5. The van der Waals surface area contributed by atoms with Crippen LogP contribution >= 0.6 is 0 Å². The van der Waals surface area contributed by atoms with E-state index in [-0.39, 0.29) is 28.4 Å². The van der Waals surface area contributed by atoms with E-state index in [0.29, 0.717) is 49.5 Å². The number of anilines is 1. The molecule has 0 saturated heterocycles. The van der Waals surface area contributed by atoms with Crippen molar-refractivity contribution in [2.75, 3.05) is 24.7 Å². The van der Waals surface area contributed by atoms with E-state index in [1.165, 1.54) is 50.5 Å². The molecule has 7 rings (SSSR count). The van der Waals surface area contributed by atoms with E-state index in [9.17, 15) is 22.0 Å². The second kappa shape index (κ2) is 9.85. The van der Waals surface area contributed by atoms with E-state index in [2.05, 4.69) is 15.3 Å². The van der Waals surface area contributed by atoms with Crippen LogP contribution in [0.3, 0.4) is 0 Å². The number of sulfonamides is 1.